The summed E-state index contributed by atoms with van der Waals surface area (Å²) in [4.78, 5) is 6.65. The van der Waals surface area contributed by atoms with Crippen molar-refractivity contribution in [3.05, 3.63) is 23.8 Å². The molecule has 1 fully saturated rings. The number of halogens is 1. The van der Waals surface area contributed by atoms with Crippen LogP contribution < -0.4 is 20.1 Å². The van der Waals surface area contributed by atoms with Crippen LogP contribution in [0.15, 0.2) is 23.2 Å². The summed E-state index contributed by atoms with van der Waals surface area (Å²) in [5.74, 6) is 3.18. The predicted molar refractivity (Wildman–Crippen MR) is 102 cm³/mol. The van der Waals surface area contributed by atoms with Crippen LogP contribution >= 0.6 is 24.0 Å². The molecule has 0 saturated carbocycles. The molecule has 0 aromatic heterocycles. The van der Waals surface area contributed by atoms with Crippen LogP contribution in [0.25, 0.3) is 0 Å². The number of nitrogens with one attached hydrogen (secondary N) is 2. The van der Waals surface area contributed by atoms with Crippen LogP contribution in [-0.4, -0.2) is 51.4 Å². The molecule has 1 unspecified atom stereocenters. The first-order chi connectivity index (χ1) is 10.7. The highest BCUT2D eigenvalue weighted by Crippen LogP contribution is 2.32. The fraction of sp³-hybridized carbons (Fsp3) is 0.562. The summed E-state index contributed by atoms with van der Waals surface area (Å²) in [6.07, 6.45) is 1.25. The van der Waals surface area contributed by atoms with Gasteiger partial charge in [0.25, 0.3) is 0 Å². The van der Waals surface area contributed by atoms with E-state index in [1.807, 2.05) is 18.2 Å². The summed E-state index contributed by atoms with van der Waals surface area (Å²) < 4.78 is 10.7. The lowest BCUT2D eigenvalue weighted by atomic mass is 10.1. The quantitative estimate of drug-likeness (QED) is 0.431. The second-order valence-corrected chi connectivity index (χ2v) is 5.91. The molecule has 2 N–H and O–H groups in total. The molecule has 1 aromatic rings. The van der Waals surface area contributed by atoms with Gasteiger partial charge >= 0.3 is 0 Å². The molecule has 2 aliphatic rings. The summed E-state index contributed by atoms with van der Waals surface area (Å²) in [6, 6.07) is 6.00. The average molecular weight is 432 g/mol. The molecule has 3 rings (SSSR count). The summed E-state index contributed by atoms with van der Waals surface area (Å²) in [5, 5.41) is 6.75. The van der Waals surface area contributed by atoms with Crippen LogP contribution in [0.1, 0.15) is 12.0 Å². The van der Waals surface area contributed by atoms with Gasteiger partial charge in [0.15, 0.2) is 17.5 Å². The summed E-state index contributed by atoms with van der Waals surface area (Å²) in [7, 11) is 3.97. The molecule has 7 heteroatoms. The van der Waals surface area contributed by atoms with Crippen molar-refractivity contribution in [2.75, 3.05) is 40.5 Å². The van der Waals surface area contributed by atoms with Gasteiger partial charge in [-0.1, -0.05) is 6.07 Å². The number of ether oxygens (including phenoxy) is 2. The molecule has 2 aliphatic heterocycles. The highest BCUT2D eigenvalue weighted by atomic mass is 127. The third-order valence-corrected chi connectivity index (χ3v) is 4.17. The molecule has 0 bridgehead atoms. The fourth-order valence-corrected chi connectivity index (χ4v) is 2.89. The van der Waals surface area contributed by atoms with Crippen molar-refractivity contribution < 1.29 is 9.47 Å². The monoisotopic (exact) mass is 432 g/mol. The summed E-state index contributed by atoms with van der Waals surface area (Å²) >= 11 is 0. The van der Waals surface area contributed by atoms with Gasteiger partial charge < -0.3 is 25.0 Å². The van der Waals surface area contributed by atoms with E-state index in [-0.39, 0.29) is 24.0 Å². The van der Waals surface area contributed by atoms with Crippen molar-refractivity contribution in [3.8, 4) is 11.5 Å². The predicted octanol–water partition coefficient (Wildman–Crippen LogP) is 1.65. The van der Waals surface area contributed by atoms with E-state index in [0.717, 1.165) is 36.1 Å². The van der Waals surface area contributed by atoms with Crippen LogP contribution in [-0.2, 0) is 6.54 Å². The normalized spacial score (nSPS) is 20.3. The fourth-order valence-electron chi connectivity index (χ4n) is 2.89. The molecule has 0 aliphatic carbocycles. The highest BCUT2D eigenvalue weighted by molar-refractivity contribution is 14.0. The Labute approximate surface area is 154 Å². The Balaban J connectivity index is 0.00000192. The van der Waals surface area contributed by atoms with Gasteiger partial charge in [-0.2, -0.15) is 0 Å². The standard InChI is InChI=1S/C16H24N4O2.HI/c1-17-16(19-9-13-5-6-20(2)10-13)18-8-12-3-4-14-15(7-12)22-11-21-14;/h3-4,7,13H,5-6,8-11H2,1-2H3,(H2,17,18,19);1H. The van der Waals surface area contributed by atoms with Crippen molar-refractivity contribution in [1.29, 1.82) is 0 Å². The van der Waals surface area contributed by atoms with Crippen LogP contribution in [0.3, 0.4) is 0 Å². The maximum Gasteiger partial charge on any atom is 0.231 e. The molecular formula is C16H25IN4O2. The van der Waals surface area contributed by atoms with Gasteiger partial charge in [0, 0.05) is 26.7 Å². The van der Waals surface area contributed by atoms with Gasteiger partial charge in [0.1, 0.15) is 0 Å². The largest absolute Gasteiger partial charge is 0.454 e. The zero-order valence-electron chi connectivity index (χ0n) is 13.7. The Morgan fingerprint density at radius 2 is 2.13 bits per heavy atom. The van der Waals surface area contributed by atoms with E-state index >= 15 is 0 Å². The van der Waals surface area contributed by atoms with Gasteiger partial charge in [-0.15, -0.1) is 24.0 Å². The minimum Gasteiger partial charge on any atom is -0.454 e. The molecule has 1 aromatic carbocycles. The first-order valence-corrected chi connectivity index (χ1v) is 7.76. The first-order valence-electron chi connectivity index (χ1n) is 7.76. The van der Waals surface area contributed by atoms with E-state index in [2.05, 4.69) is 27.6 Å². The van der Waals surface area contributed by atoms with Crippen molar-refractivity contribution in [1.82, 2.24) is 15.5 Å². The Morgan fingerprint density at radius 3 is 2.87 bits per heavy atom. The average Bonchev–Trinajstić information content (AvgIpc) is 3.15. The van der Waals surface area contributed by atoms with E-state index < -0.39 is 0 Å². The maximum absolute atomic E-state index is 5.40. The van der Waals surface area contributed by atoms with Crippen molar-refractivity contribution in [2.24, 2.45) is 10.9 Å². The minimum atomic E-state index is 0. The number of guanidine groups is 1. The molecule has 0 spiro atoms. The lowest BCUT2D eigenvalue weighted by Crippen LogP contribution is -2.39. The highest BCUT2D eigenvalue weighted by Gasteiger charge is 2.19. The van der Waals surface area contributed by atoms with Gasteiger partial charge in [-0.25, -0.2) is 0 Å². The van der Waals surface area contributed by atoms with E-state index in [1.54, 1.807) is 7.05 Å². The van der Waals surface area contributed by atoms with E-state index in [9.17, 15) is 0 Å². The van der Waals surface area contributed by atoms with E-state index in [1.165, 1.54) is 13.0 Å². The smallest absolute Gasteiger partial charge is 0.231 e. The molecule has 6 nitrogen and oxygen atoms in total. The number of benzene rings is 1. The molecule has 1 saturated heterocycles. The van der Waals surface area contributed by atoms with Gasteiger partial charge in [0.2, 0.25) is 6.79 Å². The maximum atomic E-state index is 5.40. The number of fused-ring (bicyclic) bond motifs is 1. The first kappa shape index (κ1) is 18.1. The lowest BCUT2D eigenvalue weighted by Gasteiger charge is -2.15. The molecule has 0 amide bonds. The number of rotatable bonds is 4. The third-order valence-electron chi connectivity index (χ3n) is 4.17. The lowest BCUT2D eigenvalue weighted by molar-refractivity contribution is 0.174. The zero-order valence-corrected chi connectivity index (χ0v) is 16.0. The van der Waals surface area contributed by atoms with E-state index in [4.69, 9.17) is 9.47 Å². The Morgan fingerprint density at radius 1 is 1.30 bits per heavy atom. The Kier molecular flexibility index (Phi) is 6.76. The second kappa shape index (κ2) is 8.58. The molecule has 23 heavy (non-hydrogen) atoms. The minimum absolute atomic E-state index is 0. The zero-order chi connectivity index (χ0) is 15.4. The number of nitrogens with zero attached hydrogens (tertiary/aromatic N) is 2. The molecule has 128 valence electrons. The van der Waals surface area contributed by atoms with Crippen molar-refractivity contribution >= 4 is 29.9 Å². The van der Waals surface area contributed by atoms with Crippen LogP contribution in [0, 0.1) is 5.92 Å². The number of hydrogen-bond donors (Lipinski definition) is 2. The van der Waals surface area contributed by atoms with E-state index in [0.29, 0.717) is 19.3 Å². The number of hydrogen-bond acceptors (Lipinski definition) is 4. The molecule has 2 heterocycles. The third kappa shape index (κ3) is 4.87. The number of likely N-dealkylation sites (tertiary alicyclic amines) is 1. The second-order valence-electron chi connectivity index (χ2n) is 5.91. The molecular weight excluding hydrogens is 407 g/mol. The summed E-state index contributed by atoms with van der Waals surface area (Å²) in [6.45, 7) is 4.33. The topological polar surface area (TPSA) is 58.1 Å². The van der Waals surface area contributed by atoms with Crippen LogP contribution in [0.2, 0.25) is 0 Å². The SMILES string of the molecule is CN=C(NCc1ccc2c(c1)OCO2)NCC1CCN(C)C1.I. The number of aliphatic imine (C=N–C) groups is 1. The van der Waals surface area contributed by atoms with Crippen LogP contribution in [0.5, 0.6) is 11.5 Å². The van der Waals surface area contributed by atoms with Gasteiger partial charge in [-0.3, -0.25) is 4.99 Å². The van der Waals surface area contributed by atoms with Gasteiger partial charge in [0.05, 0.1) is 0 Å². The van der Waals surface area contributed by atoms with Gasteiger partial charge in [-0.05, 0) is 43.6 Å². The van der Waals surface area contributed by atoms with Crippen molar-refractivity contribution in [2.45, 2.75) is 13.0 Å². The Bertz CT molecular complexity index is 553. The molecule has 1 atom stereocenters. The Hall–Kier alpha value is -1.22. The van der Waals surface area contributed by atoms with Crippen molar-refractivity contribution in [3.63, 3.8) is 0 Å². The summed E-state index contributed by atoms with van der Waals surface area (Å²) in [5.41, 5.74) is 1.15. The molecule has 0 radical (unpaired) electrons. The van der Waals surface area contributed by atoms with Crippen LogP contribution in [0.4, 0.5) is 0 Å².